The molecule has 0 saturated carbocycles. The minimum Gasteiger partial charge on any atom is -0.283 e. The lowest BCUT2D eigenvalue weighted by atomic mass is 10.2. The molecule has 4 N–H and O–H groups in total. The van der Waals surface area contributed by atoms with E-state index in [1.54, 1.807) is 11.4 Å². The van der Waals surface area contributed by atoms with Crippen LogP contribution in [-0.2, 0) is 11.8 Å². The van der Waals surface area contributed by atoms with Crippen LogP contribution in [0.4, 0.5) is 0 Å². The summed E-state index contributed by atoms with van der Waals surface area (Å²) in [7, 11) is 0. The molecule has 0 saturated heterocycles. The number of hydrogen-bond donors (Lipinski definition) is 2. The van der Waals surface area contributed by atoms with Crippen LogP contribution in [0.2, 0.25) is 0 Å². The van der Waals surface area contributed by atoms with Gasteiger partial charge in [0.1, 0.15) is 5.54 Å². The van der Waals surface area contributed by atoms with Gasteiger partial charge in [0.2, 0.25) is 0 Å². The number of unbranched alkanes of at least 4 members (excludes halogenated alkanes) is 3. The fraction of sp³-hybridized carbons (Fsp3) is 1.00. The van der Waals surface area contributed by atoms with Crippen LogP contribution in [0.5, 0.6) is 0 Å². The highest BCUT2D eigenvalue weighted by Gasteiger charge is 2.01. The second-order valence-electron chi connectivity index (χ2n) is 2.54. The lowest BCUT2D eigenvalue weighted by Crippen LogP contribution is -2.00. The van der Waals surface area contributed by atoms with E-state index in [1.807, 2.05) is 0 Å². The smallest absolute Gasteiger partial charge is 0.122 e. The Hall–Kier alpha value is 0.920. The molecule has 0 aromatic rings. The van der Waals surface area contributed by atoms with Crippen LogP contribution < -0.4 is 11.0 Å². The first-order valence-electron chi connectivity index (χ1n) is 3.88. The summed E-state index contributed by atoms with van der Waals surface area (Å²) in [6, 6.07) is 0. The largest absolute Gasteiger partial charge is 0.283 e. The van der Waals surface area contributed by atoms with Gasteiger partial charge in [-0.25, -0.2) is 0 Å². The summed E-state index contributed by atoms with van der Waals surface area (Å²) < 4.78 is 0. The summed E-state index contributed by atoms with van der Waals surface area (Å²) in [5, 5.41) is 0. The van der Waals surface area contributed by atoms with E-state index < -0.39 is 5.54 Å². The van der Waals surface area contributed by atoms with Crippen molar-refractivity contribution in [2.75, 3.05) is 5.75 Å². The van der Waals surface area contributed by atoms with Crippen LogP contribution in [0.25, 0.3) is 0 Å². The van der Waals surface area contributed by atoms with Gasteiger partial charge >= 0.3 is 0 Å². The Morgan fingerprint density at radius 3 is 2.36 bits per heavy atom. The van der Waals surface area contributed by atoms with Gasteiger partial charge < -0.3 is 0 Å². The molecule has 5 heteroatoms. The van der Waals surface area contributed by atoms with Gasteiger partial charge in [0, 0.05) is 5.75 Å². The Balaban J connectivity index is 3.09. The van der Waals surface area contributed by atoms with Crippen molar-refractivity contribution < 1.29 is 0 Å². The molecule has 11 heavy (non-hydrogen) atoms. The van der Waals surface area contributed by atoms with Crippen LogP contribution in [0.15, 0.2) is 0 Å². The molecular formula is C6H17N2PS2. The summed E-state index contributed by atoms with van der Waals surface area (Å²) in [5.41, 5.74) is 9.07. The van der Waals surface area contributed by atoms with E-state index in [9.17, 15) is 0 Å². The van der Waals surface area contributed by atoms with E-state index >= 15 is 0 Å². The van der Waals surface area contributed by atoms with E-state index in [0.717, 1.165) is 5.75 Å². The average Bonchev–Trinajstić information content (AvgIpc) is 1.85. The maximum absolute atomic E-state index is 5.52. The highest BCUT2D eigenvalue weighted by atomic mass is 32.9. The van der Waals surface area contributed by atoms with E-state index in [1.165, 1.54) is 25.7 Å². The molecule has 0 aliphatic rings. The topological polar surface area (TPSA) is 52.0 Å². The SMILES string of the molecule is CCCCCCSP(N)(N)=S. The molecule has 0 aromatic heterocycles. The first kappa shape index (κ1) is 11.9. The standard InChI is InChI=1S/C6H17N2PS2/c1-2-3-4-5-6-11-9(7,8)10/h2-6H2,1H3,(H4,7,8,10). The summed E-state index contributed by atoms with van der Waals surface area (Å²) in [5.74, 6) is 1.03. The average molecular weight is 212 g/mol. The predicted octanol–water partition coefficient (Wildman–Crippen LogP) is 2.44. The molecule has 0 radical (unpaired) electrons. The molecule has 0 rings (SSSR count). The molecule has 0 aliphatic heterocycles. The molecule has 0 aliphatic carbocycles. The molecule has 2 nitrogen and oxygen atoms in total. The molecule has 0 amide bonds. The van der Waals surface area contributed by atoms with Crippen molar-refractivity contribution in [1.82, 2.24) is 0 Å². The third-order valence-corrected chi connectivity index (χ3v) is 4.87. The number of rotatable bonds is 6. The van der Waals surface area contributed by atoms with Crippen molar-refractivity contribution >= 4 is 28.7 Å². The van der Waals surface area contributed by atoms with Gasteiger partial charge in [0.25, 0.3) is 0 Å². The van der Waals surface area contributed by atoms with Crippen LogP contribution in [-0.4, -0.2) is 5.75 Å². The molecule has 0 spiro atoms. The highest BCUT2D eigenvalue weighted by molar-refractivity contribution is 8.69. The lowest BCUT2D eigenvalue weighted by Gasteiger charge is -2.07. The lowest BCUT2D eigenvalue weighted by molar-refractivity contribution is 0.707. The monoisotopic (exact) mass is 212 g/mol. The van der Waals surface area contributed by atoms with Crippen molar-refractivity contribution in [2.24, 2.45) is 11.0 Å². The summed E-state index contributed by atoms with van der Waals surface area (Å²) in [6.07, 6.45) is 5.05. The maximum Gasteiger partial charge on any atom is 0.122 e. The Labute approximate surface area is 78.3 Å². The maximum atomic E-state index is 5.52. The number of nitrogens with two attached hydrogens (primary N) is 2. The predicted molar refractivity (Wildman–Crippen MR) is 59.3 cm³/mol. The molecule has 0 atom stereocenters. The molecule has 0 aromatic carbocycles. The van der Waals surface area contributed by atoms with Gasteiger partial charge in [-0.05, 0) is 6.42 Å². The van der Waals surface area contributed by atoms with E-state index in [2.05, 4.69) is 6.92 Å². The van der Waals surface area contributed by atoms with Crippen molar-refractivity contribution in [2.45, 2.75) is 32.6 Å². The second-order valence-corrected chi connectivity index (χ2v) is 9.59. The molecule has 0 fully saturated rings. The van der Waals surface area contributed by atoms with Crippen LogP contribution in [0.1, 0.15) is 32.6 Å². The number of hydrogen-bond acceptors (Lipinski definition) is 2. The van der Waals surface area contributed by atoms with E-state index in [-0.39, 0.29) is 0 Å². The van der Waals surface area contributed by atoms with Crippen molar-refractivity contribution in [3.8, 4) is 0 Å². The molecule has 68 valence electrons. The highest BCUT2D eigenvalue weighted by Crippen LogP contribution is 2.43. The third-order valence-electron chi connectivity index (χ3n) is 1.29. The van der Waals surface area contributed by atoms with Gasteiger partial charge in [0.15, 0.2) is 0 Å². The molecule has 0 unspecified atom stereocenters. The van der Waals surface area contributed by atoms with E-state index in [4.69, 9.17) is 22.8 Å². The van der Waals surface area contributed by atoms with Gasteiger partial charge in [-0.2, -0.15) is 0 Å². The van der Waals surface area contributed by atoms with Crippen LogP contribution in [0, 0.1) is 0 Å². The second kappa shape index (κ2) is 6.44. The quantitative estimate of drug-likeness (QED) is 0.524. The Kier molecular flexibility index (Phi) is 6.98. The zero-order valence-corrected chi connectivity index (χ0v) is 9.48. The van der Waals surface area contributed by atoms with Gasteiger partial charge in [-0.1, -0.05) is 49.4 Å². The zero-order valence-electron chi connectivity index (χ0n) is 6.95. The first-order chi connectivity index (χ1) is 5.06. The van der Waals surface area contributed by atoms with Crippen molar-refractivity contribution in [3.63, 3.8) is 0 Å². The Bertz CT molecular complexity index is 135. The minimum absolute atomic E-state index is 1.03. The van der Waals surface area contributed by atoms with Gasteiger partial charge in [-0.3, -0.25) is 11.0 Å². The van der Waals surface area contributed by atoms with Crippen LogP contribution >= 0.6 is 16.9 Å². The molecule has 0 heterocycles. The van der Waals surface area contributed by atoms with E-state index in [0.29, 0.717) is 0 Å². The van der Waals surface area contributed by atoms with Crippen LogP contribution in [0.3, 0.4) is 0 Å². The fourth-order valence-corrected chi connectivity index (χ4v) is 3.27. The Morgan fingerprint density at radius 1 is 1.27 bits per heavy atom. The van der Waals surface area contributed by atoms with Gasteiger partial charge in [-0.15, -0.1) is 0 Å². The fourth-order valence-electron chi connectivity index (χ4n) is 0.736. The minimum atomic E-state index is -1.96. The zero-order chi connectivity index (χ0) is 8.74. The van der Waals surface area contributed by atoms with Gasteiger partial charge in [0.05, 0.1) is 0 Å². The third kappa shape index (κ3) is 10.9. The molecular weight excluding hydrogens is 195 g/mol. The normalized spacial score (nSPS) is 11.9. The van der Waals surface area contributed by atoms with Crippen molar-refractivity contribution in [3.05, 3.63) is 0 Å². The molecule has 0 bridgehead atoms. The van der Waals surface area contributed by atoms with Crippen molar-refractivity contribution in [1.29, 1.82) is 0 Å². The summed E-state index contributed by atoms with van der Waals surface area (Å²) >= 11 is 6.46. The first-order valence-corrected chi connectivity index (χ1v) is 8.41. The Morgan fingerprint density at radius 2 is 1.91 bits per heavy atom. The summed E-state index contributed by atoms with van der Waals surface area (Å²) in [6.45, 7) is 2.20. The summed E-state index contributed by atoms with van der Waals surface area (Å²) in [4.78, 5) is 0.